The fraction of sp³-hybridized carbons (Fsp3) is 0.538. The lowest BCUT2D eigenvalue weighted by molar-refractivity contribution is 0.243. The van der Waals surface area contributed by atoms with Crippen LogP contribution in [-0.4, -0.2) is 24.4 Å². The maximum absolute atomic E-state index is 8.96. The zero-order valence-corrected chi connectivity index (χ0v) is 10.2. The van der Waals surface area contributed by atoms with Crippen LogP contribution in [0.25, 0.3) is 0 Å². The largest absolute Gasteiger partial charge is 0.494 e. The zero-order valence-electron chi connectivity index (χ0n) is 10.2. The molecule has 0 bridgehead atoms. The molecule has 0 aliphatic carbocycles. The highest BCUT2D eigenvalue weighted by Crippen LogP contribution is 2.17. The van der Waals surface area contributed by atoms with Crippen molar-refractivity contribution in [1.29, 1.82) is 0 Å². The third-order valence-electron chi connectivity index (χ3n) is 2.50. The minimum Gasteiger partial charge on any atom is -0.494 e. The molecule has 90 valence electrons. The van der Waals surface area contributed by atoms with Gasteiger partial charge in [0.2, 0.25) is 0 Å². The number of rotatable bonds is 6. The molecule has 0 saturated heterocycles. The van der Waals surface area contributed by atoms with Gasteiger partial charge < -0.3 is 15.2 Å². The van der Waals surface area contributed by atoms with Gasteiger partial charge in [-0.05, 0) is 38.5 Å². The lowest BCUT2D eigenvalue weighted by Gasteiger charge is -2.18. The van der Waals surface area contributed by atoms with Crippen LogP contribution >= 0.6 is 0 Å². The quantitative estimate of drug-likeness (QED) is 0.776. The predicted octanol–water partition coefficient (Wildman–Crippen LogP) is 2.12. The summed E-state index contributed by atoms with van der Waals surface area (Å²) in [4.78, 5) is 0. The maximum atomic E-state index is 8.96. The van der Waals surface area contributed by atoms with E-state index < -0.39 is 0 Å². The molecule has 2 atom stereocenters. The number of ether oxygens (including phenoxy) is 1. The van der Waals surface area contributed by atoms with Gasteiger partial charge >= 0.3 is 0 Å². The molecule has 0 heterocycles. The smallest absolute Gasteiger partial charge is 0.119 e. The monoisotopic (exact) mass is 223 g/mol. The first-order valence-electron chi connectivity index (χ1n) is 5.77. The Labute approximate surface area is 97.4 Å². The number of aliphatic hydroxyl groups excluding tert-OH is 1. The molecule has 0 fully saturated rings. The Balaban J connectivity index is 2.59. The first-order valence-corrected chi connectivity index (χ1v) is 5.77. The van der Waals surface area contributed by atoms with E-state index in [0.717, 1.165) is 5.75 Å². The van der Waals surface area contributed by atoms with Gasteiger partial charge in [0.05, 0.1) is 13.2 Å². The summed E-state index contributed by atoms with van der Waals surface area (Å²) in [5.74, 6) is 0.897. The fourth-order valence-corrected chi connectivity index (χ4v) is 1.60. The molecule has 16 heavy (non-hydrogen) atoms. The van der Waals surface area contributed by atoms with Gasteiger partial charge in [-0.1, -0.05) is 12.1 Å². The molecule has 1 unspecified atom stereocenters. The summed E-state index contributed by atoms with van der Waals surface area (Å²) in [6.45, 7) is 6.87. The normalized spacial score (nSPS) is 14.5. The summed E-state index contributed by atoms with van der Waals surface area (Å²) >= 11 is 0. The summed E-state index contributed by atoms with van der Waals surface area (Å²) in [7, 11) is 0. The van der Waals surface area contributed by atoms with Crippen molar-refractivity contribution in [2.24, 2.45) is 0 Å². The predicted molar refractivity (Wildman–Crippen MR) is 65.7 cm³/mol. The van der Waals surface area contributed by atoms with Crippen molar-refractivity contribution in [3.05, 3.63) is 29.8 Å². The second-order valence-corrected chi connectivity index (χ2v) is 3.97. The maximum Gasteiger partial charge on any atom is 0.119 e. The van der Waals surface area contributed by atoms with Crippen LogP contribution < -0.4 is 10.1 Å². The highest BCUT2D eigenvalue weighted by atomic mass is 16.5. The first kappa shape index (κ1) is 13.0. The molecule has 0 radical (unpaired) electrons. The van der Waals surface area contributed by atoms with E-state index in [4.69, 9.17) is 9.84 Å². The average molecular weight is 223 g/mol. The summed E-state index contributed by atoms with van der Waals surface area (Å²) in [5.41, 5.74) is 1.20. The molecule has 3 nitrogen and oxygen atoms in total. The van der Waals surface area contributed by atoms with Gasteiger partial charge in [0.25, 0.3) is 0 Å². The molecule has 0 aromatic heterocycles. The molecule has 0 spiro atoms. The standard InChI is InChI=1S/C13H21NO2/c1-4-16-13-7-5-12(6-8-13)11(3)14-10(2)9-15/h5-8,10-11,14-15H,4,9H2,1-3H3/t10-,11?/m1/s1. The second-order valence-electron chi connectivity index (χ2n) is 3.97. The van der Waals surface area contributed by atoms with E-state index in [1.54, 1.807) is 0 Å². The minimum atomic E-state index is 0.113. The lowest BCUT2D eigenvalue weighted by Crippen LogP contribution is -2.31. The molecule has 2 N–H and O–H groups in total. The van der Waals surface area contributed by atoms with Crippen molar-refractivity contribution in [3.63, 3.8) is 0 Å². The third-order valence-corrected chi connectivity index (χ3v) is 2.50. The molecule has 0 aliphatic rings. The Hall–Kier alpha value is -1.06. The molecule has 1 aromatic rings. The molecule has 1 rings (SSSR count). The number of nitrogens with one attached hydrogen (secondary N) is 1. The van der Waals surface area contributed by atoms with Gasteiger partial charge in [0.1, 0.15) is 5.75 Å². The summed E-state index contributed by atoms with van der Waals surface area (Å²) < 4.78 is 5.38. The number of aliphatic hydroxyl groups is 1. The Morgan fingerprint density at radius 2 is 1.88 bits per heavy atom. The molecule has 1 aromatic carbocycles. The third kappa shape index (κ3) is 3.83. The van der Waals surface area contributed by atoms with Crippen molar-refractivity contribution in [3.8, 4) is 5.75 Å². The van der Waals surface area contributed by atoms with Crippen molar-refractivity contribution in [2.75, 3.05) is 13.2 Å². The van der Waals surface area contributed by atoms with E-state index in [1.807, 2.05) is 38.1 Å². The highest BCUT2D eigenvalue weighted by molar-refractivity contribution is 5.28. The Kier molecular flexibility index (Phi) is 5.29. The van der Waals surface area contributed by atoms with Gasteiger partial charge in [-0.3, -0.25) is 0 Å². The molecule has 3 heteroatoms. The molecule has 0 saturated carbocycles. The van der Waals surface area contributed by atoms with Crippen LogP contribution in [0, 0.1) is 0 Å². The van der Waals surface area contributed by atoms with Crippen LogP contribution in [0.1, 0.15) is 32.4 Å². The van der Waals surface area contributed by atoms with Gasteiger partial charge in [-0.2, -0.15) is 0 Å². The average Bonchev–Trinajstić information content (AvgIpc) is 2.30. The Morgan fingerprint density at radius 3 is 2.38 bits per heavy atom. The van der Waals surface area contributed by atoms with Gasteiger partial charge in [0.15, 0.2) is 0 Å². The Morgan fingerprint density at radius 1 is 1.25 bits per heavy atom. The van der Waals surface area contributed by atoms with Gasteiger partial charge in [0, 0.05) is 12.1 Å². The van der Waals surface area contributed by atoms with Crippen molar-refractivity contribution >= 4 is 0 Å². The SMILES string of the molecule is CCOc1ccc(C(C)N[C@H](C)CO)cc1. The topological polar surface area (TPSA) is 41.5 Å². The van der Waals surface area contributed by atoms with E-state index in [1.165, 1.54) is 5.56 Å². The molecule has 0 aliphatic heterocycles. The van der Waals surface area contributed by atoms with E-state index in [0.29, 0.717) is 6.61 Å². The summed E-state index contributed by atoms with van der Waals surface area (Å²) in [6.07, 6.45) is 0. The van der Waals surface area contributed by atoms with Crippen LogP contribution in [0.4, 0.5) is 0 Å². The molecular formula is C13H21NO2. The number of hydrogen-bond donors (Lipinski definition) is 2. The molecular weight excluding hydrogens is 202 g/mol. The van der Waals surface area contributed by atoms with Crippen LogP contribution in [0.5, 0.6) is 5.75 Å². The highest BCUT2D eigenvalue weighted by Gasteiger charge is 2.08. The van der Waals surface area contributed by atoms with E-state index in [2.05, 4.69) is 12.2 Å². The minimum absolute atomic E-state index is 0.113. The van der Waals surface area contributed by atoms with Crippen LogP contribution in [0.15, 0.2) is 24.3 Å². The van der Waals surface area contributed by atoms with Gasteiger partial charge in [-0.15, -0.1) is 0 Å². The molecule has 0 amide bonds. The van der Waals surface area contributed by atoms with Crippen LogP contribution in [0.3, 0.4) is 0 Å². The van der Waals surface area contributed by atoms with Crippen LogP contribution in [-0.2, 0) is 0 Å². The van der Waals surface area contributed by atoms with Crippen molar-refractivity contribution < 1.29 is 9.84 Å². The Bertz CT molecular complexity index is 297. The summed E-state index contributed by atoms with van der Waals surface area (Å²) in [5, 5.41) is 12.3. The fourth-order valence-electron chi connectivity index (χ4n) is 1.60. The number of hydrogen-bond acceptors (Lipinski definition) is 3. The number of benzene rings is 1. The van der Waals surface area contributed by atoms with Crippen molar-refractivity contribution in [1.82, 2.24) is 5.32 Å². The van der Waals surface area contributed by atoms with Crippen LogP contribution in [0.2, 0.25) is 0 Å². The second kappa shape index (κ2) is 6.51. The van der Waals surface area contributed by atoms with E-state index in [-0.39, 0.29) is 18.7 Å². The lowest BCUT2D eigenvalue weighted by atomic mass is 10.1. The van der Waals surface area contributed by atoms with Crippen molar-refractivity contribution in [2.45, 2.75) is 32.9 Å². The van der Waals surface area contributed by atoms with E-state index in [9.17, 15) is 0 Å². The zero-order chi connectivity index (χ0) is 12.0. The van der Waals surface area contributed by atoms with Gasteiger partial charge in [-0.25, -0.2) is 0 Å². The first-order chi connectivity index (χ1) is 7.67. The summed E-state index contributed by atoms with van der Waals surface area (Å²) in [6, 6.07) is 8.39. The van der Waals surface area contributed by atoms with E-state index >= 15 is 0 Å².